The predicted molar refractivity (Wildman–Crippen MR) is 110 cm³/mol. The second-order valence-electron chi connectivity index (χ2n) is 7.07. The zero-order chi connectivity index (χ0) is 21.2. The summed E-state index contributed by atoms with van der Waals surface area (Å²) in [5.74, 6) is -0.0683. The molecule has 0 bridgehead atoms. The molecule has 1 aliphatic rings. The average molecular weight is 417 g/mol. The number of hydrogen-bond acceptors (Lipinski definition) is 5. The third-order valence-electron chi connectivity index (χ3n) is 4.75. The van der Waals surface area contributed by atoms with E-state index in [0.717, 1.165) is 16.4 Å². The van der Waals surface area contributed by atoms with E-state index in [9.17, 15) is 18.0 Å². The van der Waals surface area contributed by atoms with Crippen LogP contribution in [-0.4, -0.2) is 49.7 Å². The highest BCUT2D eigenvalue weighted by molar-refractivity contribution is 7.89. The van der Waals surface area contributed by atoms with E-state index < -0.39 is 15.9 Å². The summed E-state index contributed by atoms with van der Waals surface area (Å²) in [6.07, 6.45) is 1.30. The van der Waals surface area contributed by atoms with Gasteiger partial charge in [0, 0.05) is 31.4 Å². The second kappa shape index (κ2) is 8.30. The lowest BCUT2D eigenvalue weighted by atomic mass is 10.2. The highest BCUT2D eigenvalue weighted by Crippen LogP contribution is 2.27. The molecule has 0 atom stereocenters. The number of aromatic nitrogens is 1. The summed E-state index contributed by atoms with van der Waals surface area (Å²) in [6, 6.07) is 10.0. The molecule has 29 heavy (non-hydrogen) atoms. The van der Waals surface area contributed by atoms with Crippen molar-refractivity contribution in [3.63, 3.8) is 0 Å². The molecule has 0 saturated carbocycles. The third-order valence-corrected chi connectivity index (χ3v) is 6.72. The highest BCUT2D eigenvalue weighted by atomic mass is 32.2. The fourth-order valence-corrected chi connectivity index (χ4v) is 4.59. The Bertz CT molecular complexity index is 1050. The second-order valence-corrected chi connectivity index (χ2v) is 9.09. The van der Waals surface area contributed by atoms with Crippen molar-refractivity contribution in [1.82, 2.24) is 9.29 Å². The molecule has 1 aromatic carbocycles. The first-order valence-electron chi connectivity index (χ1n) is 9.29. The van der Waals surface area contributed by atoms with Gasteiger partial charge in [-0.15, -0.1) is 0 Å². The quantitative estimate of drug-likeness (QED) is 0.777. The molecular formula is C20H24N4O4S. The fraction of sp³-hybridized carbons (Fsp3) is 0.350. The summed E-state index contributed by atoms with van der Waals surface area (Å²) < 4.78 is 26.9. The van der Waals surface area contributed by atoms with Crippen LogP contribution in [0.25, 0.3) is 0 Å². The van der Waals surface area contributed by atoms with Crippen molar-refractivity contribution < 1.29 is 18.0 Å². The predicted octanol–water partition coefficient (Wildman–Crippen LogP) is 2.08. The van der Waals surface area contributed by atoms with E-state index in [1.807, 2.05) is 0 Å². The van der Waals surface area contributed by atoms with Crippen molar-refractivity contribution in [3.8, 4) is 0 Å². The first-order valence-corrected chi connectivity index (χ1v) is 10.7. The number of nitrogens with zero attached hydrogens (tertiary/aromatic N) is 3. The van der Waals surface area contributed by atoms with Gasteiger partial charge in [-0.1, -0.05) is 6.07 Å². The number of anilines is 2. The summed E-state index contributed by atoms with van der Waals surface area (Å²) in [5, 5.41) is 2.60. The van der Waals surface area contributed by atoms with E-state index in [0.29, 0.717) is 30.0 Å². The van der Waals surface area contributed by atoms with Crippen molar-refractivity contribution in [2.24, 2.45) is 0 Å². The lowest BCUT2D eigenvalue weighted by Gasteiger charge is -2.20. The summed E-state index contributed by atoms with van der Waals surface area (Å²) in [6.45, 7) is 3.77. The zero-order valence-corrected chi connectivity index (χ0v) is 17.5. The Morgan fingerprint density at radius 3 is 2.62 bits per heavy atom. The SMILES string of the molecule is Cc1cccc(NC(=O)CN(C)S(=O)(=O)c2ccc(N3CCCC3=O)cc2C)n1. The lowest BCUT2D eigenvalue weighted by molar-refractivity contribution is -0.117. The molecule has 1 fully saturated rings. The standard InChI is InChI=1S/C20H24N4O4S/c1-14-12-16(24-11-5-8-20(24)26)9-10-17(14)29(27,28)23(3)13-19(25)22-18-7-4-6-15(2)21-18/h4,6-7,9-10,12H,5,8,11,13H2,1-3H3,(H,21,22,25). The number of carbonyl (C=O) groups excluding carboxylic acids is 2. The first-order chi connectivity index (χ1) is 13.7. The van der Waals surface area contributed by atoms with E-state index in [4.69, 9.17) is 0 Å². The van der Waals surface area contributed by atoms with E-state index >= 15 is 0 Å². The van der Waals surface area contributed by atoms with Crippen molar-refractivity contribution in [3.05, 3.63) is 47.7 Å². The number of benzene rings is 1. The van der Waals surface area contributed by atoms with E-state index in [2.05, 4.69) is 10.3 Å². The topological polar surface area (TPSA) is 99.7 Å². The van der Waals surface area contributed by atoms with Crippen LogP contribution in [0.4, 0.5) is 11.5 Å². The summed E-state index contributed by atoms with van der Waals surface area (Å²) in [7, 11) is -2.51. The number of pyridine rings is 1. The van der Waals surface area contributed by atoms with Crippen LogP contribution in [0.5, 0.6) is 0 Å². The van der Waals surface area contributed by atoms with Gasteiger partial charge in [-0.2, -0.15) is 4.31 Å². The van der Waals surface area contributed by atoms with Crippen LogP contribution in [0.15, 0.2) is 41.3 Å². The van der Waals surface area contributed by atoms with Crippen LogP contribution in [0, 0.1) is 13.8 Å². The Morgan fingerprint density at radius 2 is 2.00 bits per heavy atom. The number of carbonyl (C=O) groups is 2. The number of nitrogens with one attached hydrogen (secondary N) is 1. The van der Waals surface area contributed by atoms with E-state index in [-0.39, 0.29) is 17.3 Å². The maximum Gasteiger partial charge on any atom is 0.243 e. The number of hydrogen-bond donors (Lipinski definition) is 1. The number of amides is 2. The van der Waals surface area contributed by atoms with Crippen LogP contribution in [-0.2, 0) is 19.6 Å². The highest BCUT2D eigenvalue weighted by Gasteiger charge is 2.27. The third kappa shape index (κ3) is 4.63. The van der Waals surface area contributed by atoms with Gasteiger partial charge < -0.3 is 10.2 Å². The minimum Gasteiger partial charge on any atom is -0.312 e. The Hall–Kier alpha value is -2.78. The maximum atomic E-state index is 12.9. The van der Waals surface area contributed by atoms with Crippen molar-refractivity contribution in [2.45, 2.75) is 31.6 Å². The van der Waals surface area contributed by atoms with Crippen molar-refractivity contribution in [1.29, 1.82) is 0 Å². The molecule has 154 valence electrons. The molecule has 9 heteroatoms. The molecule has 0 unspecified atom stereocenters. The molecular weight excluding hydrogens is 392 g/mol. The van der Waals surface area contributed by atoms with Crippen LogP contribution < -0.4 is 10.2 Å². The van der Waals surface area contributed by atoms with Gasteiger partial charge in [0.15, 0.2) is 0 Å². The largest absolute Gasteiger partial charge is 0.312 e. The summed E-state index contributed by atoms with van der Waals surface area (Å²) in [5.41, 5.74) is 1.96. The normalized spacial score (nSPS) is 14.5. The lowest BCUT2D eigenvalue weighted by Crippen LogP contribution is -2.35. The fourth-order valence-electron chi connectivity index (χ4n) is 3.26. The number of rotatable bonds is 6. The molecule has 0 spiro atoms. The van der Waals surface area contributed by atoms with Gasteiger partial charge in [-0.3, -0.25) is 9.59 Å². The van der Waals surface area contributed by atoms with Gasteiger partial charge in [0.25, 0.3) is 0 Å². The zero-order valence-electron chi connectivity index (χ0n) is 16.7. The molecule has 8 nitrogen and oxygen atoms in total. The van der Waals surface area contributed by atoms with Gasteiger partial charge in [0.1, 0.15) is 5.82 Å². The van der Waals surface area contributed by atoms with Crippen LogP contribution in [0.2, 0.25) is 0 Å². The Balaban J connectivity index is 1.73. The molecule has 0 aliphatic carbocycles. The number of likely N-dealkylation sites (N-methyl/N-ethyl adjacent to an activating group) is 1. The summed E-state index contributed by atoms with van der Waals surface area (Å²) in [4.78, 5) is 30.1. The Labute approximate surface area is 170 Å². The van der Waals surface area contributed by atoms with E-state index in [1.165, 1.54) is 13.1 Å². The van der Waals surface area contributed by atoms with Gasteiger partial charge in [0.2, 0.25) is 21.8 Å². The molecule has 0 radical (unpaired) electrons. The van der Waals surface area contributed by atoms with Gasteiger partial charge in [-0.05, 0) is 56.2 Å². The molecule has 2 amide bonds. The molecule has 1 N–H and O–H groups in total. The molecule has 1 aliphatic heterocycles. The summed E-state index contributed by atoms with van der Waals surface area (Å²) >= 11 is 0. The average Bonchev–Trinajstić information content (AvgIpc) is 3.07. The number of aryl methyl sites for hydroxylation is 2. The van der Waals surface area contributed by atoms with E-state index in [1.54, 1.807) is 49.1 Å². The number of sulfonamides is 1. The Kier molecular flexibility index (Phi) is 5.99. The molecule has 1 saturated heterocycles. The first kappa shape index (κ1) is 20.9. The molecule has 2 heterocycles. The van der Waals surface area contributed by atoms with Crippen LogP contribution in [0.1, 0.15) is 24.1 Å². The van der Waals surface area contributed by atoms with Gasteiger partial charge >= 0.3 is 0 Å². The Morgan fingerprint density at radius 1 is 1.24 bits per heavy atom. The van der Waals surface area contributed by atoms with Crippen LogP contribution >= 0.6 is 0 Å². The van der Waals surface area contributed by atoms with Gasteiger partial charge in [0.05, 0.1) is 11.4 Å². The smallest absolute Gasteiger partial charge is 0.243 e. The van der Waals surface area contributed by atoms with Crippen LogP contribution in [0.3, 0.4) is 0 Å². The van der Waals surface area contributed by atoms with Gasteiger partial charge in [-0.25, -0.2) is 13.4 Å². The van der Waals surface area contributed by atoms with Crippen molar-refractivity contribution >= 4 is 33.3 Å². The molecule has 1 aromatic heterocycles. The monoisotopic (exact) mass is 416 g/mol. The molecule has 2 aromatic rings. The molecule has 3 rings (SSSR count). The minimum absolute atomic E-state index is 0.0403. The van der Waals surface area contributed by atoms with Crippen molar-refractivity contribution in [2.75, 3.05) is 30.4 Å². The minimum atomic E-state index is -3.87. The maximum absolute atomic E-state index is 12.9.